The van der Waals surface area contributed by atoms with E-state index in [1.54, 1.807) is 7.11 Å². The molecule has 0 aliphatic carbocycles. The number of nitrogens with one attached hydrogen (secondary N) is 1. The summed E-state index contributed by atoms with van der Waals surface area (Å²) in [5.41, 5.74) is 2.62. The van der Waals surface area contributed by atoms with E-state index in [1.165, 1.54) is 11.1 Å². The number of hydrogen-bond donors (Lipinski definition) is 1. The van der Waals surface area contributed by atoms with E-state index in [9.17, 15) is 0 Å². The van der Waals surface area contributed by atoms with Gasteiger partial charge in [-0.05, 0) is 49.6 Å². The van der Waals surface area contributed by atoms with E-state index >= 15 is 0 Å². The summed E-state index contributed by atoms with van der Waals surface area (Å²) in [7, 11) is 3.77. The summed E-state index contributed by atoms with van der Waals surface area (Å²) in [6, 6.07) is 6.95. The molecular formula is C14H22BrNO. The van der Waals surface area contributed by atoms with Crippen LogP contribution < -0.4 is 5.32 Å². The fourth-order valence-corrected chi connectivity index (χ4v) is 2.82. The Kier molecular flexibility index (Phi) is 6.17. The van der Waals surface area contributed by atoms with Crippen LogP contribution in [0, 0.1) is 12.8 Å². The van der Waals surface area contributed by atoms with E-state index in [1.807, 2.05) is 7.05 Å². The molecule has 0 amide bonds. The number of methoxy groups -OCH3 is 1. The third kappa shape index (κ3) is 4.41. The molecule has 0 heterocycles. The molecular weight excluding hydrogens is 278 g/mol. The molecule has 0 spiro atoms. The summed E-state index contributed by atoms with van der Waals surface area (Å²) in [5, 5.41) is 3.41. The molecule has 1 aromatic rings. The van der Waals surface area contributed by atoms with E-state index in [-0.39, 0.29) is 0 Å². The van der Waals surface area contributed by atoms with Crippen LogP contribution in [0.25, 0.3) is 0 Å². The fraction of sp³-hybridized carbons (Fsp3) is 0.571. The maximum Gasteiger partial charge on any atom is 0.0465 e. The van der Waals surface area contributed by atoms with Crippen LogP contribution in [0.2, 0.25) is 0 Å². The summed E-state index contributed by atoms with van der Waals surface area (Å²) in [6.45, 7) is 5.20. The third-order valence-corrected chi connectivity index (χ3v) is 3.54. The zero-order chi connectivity index (χ0) is 12.8. The normalized spacial score (nSPS) is 14.6. The Hall–Kier alpha value is -0.380. The minimum atomic E-state index is 0.376. The van der Waals surface area contributed by atoms with Crippen LogP contribution in [-0.4, -0.2) is 20.8 Å². The second-order valence-electron chi connectivity index (χ2n) is 4.59. The monoisotopic (exact) mass is 299 g/mol. The Morgan fingerprint density at radius 1 is 1.35 bits per heavy atom. The lowest BCUT2D eigenvalue weighted by Crippen LogP contribution is -2.24. The molecule has 0 saturated carbocycles. The maximum absolute atomic E-state index is 5.15. The third-order valence-electron chi connectivity index (χ3n) is 3.08. The first kappa shape index (κ1) is 14.7. The lowest BCUT2D eigenvalue weighted by atomic mass is 9.91. The number of rotatable bonds is 6. The Labute approximate surface area is 113 Å². The van der Waals surface area contributed by atoms with Gasteiger partial charge in [0.25, 0.3) is 0 Å². The van der Waals surface area contributed by atoms with Gasteiger partial charge in [0.15, 0.2) is 0 Å². The predicted octanol–water partition coefficient (Wildman–Crippen LogP) is 3.69. The van der Waals surface area contributed by atoms with Gasteiger partial charge in [0.1, 0.15) is 0 Å². The zero-order valence-electron chi connectivity index (χ0n) is 11.1. The van der Waals surface area contributed by atoms with Gasteiger partial charge in [-0.15, -0.1) is 0 Å². The molecule has 0 bridgehead atoms. The van der Waals surface area contributed by atoms with Gasteiger partial charge in [0.05, 0.1) is 0 Å². The average molecular weight is 300 g/mol. The van der Waals surface area contributed by atoms with Crippen LogP contribution in [0.5, 0.6) is 0 Å². The van der Waals surface area contributed by atoms with Gasteiger partial charge in [-0.1, -0.05) is 28.9 Å². The van der Waals surface area contributed by atoms with Gasteiger partial charge in [0.2, 0.25) is 0 Å². The van der Waals surface area contributed by atoms with Crippen LogP contribution in [0.1, 0.15) is 30.5 Å². The van der Waals surface area contributed by atoms with Crippen molar-refractivity contribution in [1.29, 1.82) is 0 Å². The molecule has 2 nitrogen and oxygen atoms in total. The number of aryl methyl sites for hydroxylation is 1. The molecule has 96 valence electrons. The van der Waals surface area contributed by atoms with Crippen molar-refractivity contribution in [3.05, 3.63) is 33.8 Å². The molecule has 2 atom stereocenters. The predicted molar refractivity (Wildman–Crippen MR) is 76.3 cm³/mol. The van der Waals surface area contributed by atoms with E-state index < -0.39 is 0 Å². The zero-order valence-corrected chi connectivity index (χ0v) is 12.7. The Balaban J connectivity index is 2.84. The molecule has 0 aliphatic rings. The minimum absolute atomic E-state index is 0.376. The molecule has 0 saturated heterocycles. The molecule has 0 aromatic heterocycles. The molecule has 3 heteroatoms. The maximum atomic E-state index is 5.15. The molecule has 1 N–H and O–H groups in total. The lowest BCUT2D eigenvalue weighted by molar-refractivity contribution is 0.171. The summed E-state index contributed by atoms with van der Waals surface area (Å²) in [4.78, 5) is 0. The highest BCUT2D eigenvalue weighted by atomic mass is 79.9. The molecule has 1 rings (SSSR count). The van der Waals surface area contributed by atoms with Crippen molar-refractivity contribution in [3.8, 4) is 0 Å². The van der Waals surface area contributed by atoms with Crippen LogP contribution >= 0.6 is 15.9 Å². The highest BCUT2D eigenvalue weighted by Gasteiger charge is 2.17. The van der Waals surface area contributed by atoms with E-state index in [4.69, 9.17) is 4.74 Å². The Bertz CT molecular complexity index is 334. The Morgan fingerprint density at radius 3 is 2.59 bits per heavy atom. The molecule has 0 fully saturated rings. The van der Waals surface area contributed by atoms with Crippen molar-refractivity contribution in [3.63, 3.8) is 0 Å². The second kappa shape index (κ2) is 7.14. The first-order chi connectivity index (χ1) is 8.08. The van der Waals surface area contributed by atoms with Gasteiger partial charge in [-0.2, -0.15) is 0 Å². The van der Waals surface area contributed by atoms with Crippen molar-refractivity contribution in [1.82, 2.24) is 5.32 Å². The number of halogens is 1. The molecule has 1 aromatic carbocycles. The lowest BCUT2D eigenvalue weighted by Gasteiger charge is -2.24. The minimum Gasteiger partial charge on any atom is -0.385 e. The summed E-state index contributed by atoms with van der Waals surface area (Å²) >= 11 is 3.56. The van der Waals surface area contributed by atoms with Gasteiger partial charge in [0, 0.05) is 24.2 Å². The number of hydrogen-bond acceptors (Lipinski definition) is 2. The molecule has 0 radical (unpaired) electrons. The topological polar surface area (TPSA) is 21.3 Å². The van der Waals surface area contributed by atoms with Gasteiger partial charge >= 0.3 is 0 Å². The quantitative estimate of drug-likeness (QED) is 0.865. The van der Waals surface area contributed by atoms with Crippen molar-refractivity contribution >= 4 is 15.9 Å². The fourth-order valence-electron chi connectivity index (χ4n) is 2.19. The van der Waals surface area contributed by atoms with Crippen molar-refractivity contribution in [2.24, 2.45) is 5.92 Å². The standard InChI is InChI=1S/C14H22BrNO/c1-10-7-12(9-13(15)8-10)14(16-3)11(2)5-6-17-4/h7-9,11,14,16H,5-6H2,1-4H3. The van der Waals surface area contributed by atoms with Crippen molar-refractivity contribution in [2.75, 3.05) is 20.8 Å². The highest BCUT2D eigenvalue weighted by Crippen LogP contribution is 2.27. The first-order valence-corrected chi connectivity index (χ1v) is 6.81. The van der Waals surface area contributed by atoms with Gasteiger partial charge in [-0.3, -0.25) is 0 Å². The SMILES string of the molecule is CNC(c1cc(C)cc(Br)c1)C(C)CCOC. The van der Waals surface area contributed by atoms with Crippen molar-refractivity contribution < 1.29 is 4.74 Å². The molecule has 17 heavy (non-hydrogen) atoms. The largest absolute Gasteiger partial charge is 0.385 e. The first-order valence-electron chi connectivity index (χ1n) is 6.01. The molecule has 0 aliphatic heterocycles. The van der Waals surface area contributed by atoms with Crippen molar-refractivity contribution in [2.45, 2.75) is 26.3 Å². The van der Waals surface area contributed by atoms with Crippen LogP contribution in [0.15, 0.2) is 22.7 Å². The van der Waals surface area contributed by atoms with E-state index in [0.29, 0.717) is 12.0 Å². The smallest absolute Gasteiger partial charge is 0.0465 e. The van der Waals surface area contributed by atoms with Crippen LogP contribution in [0.4, 0.5) is 0 Å². The van der Waals surface area contributed by atoms with Crippen LogP contribution in [0.3, 0.4) is 0 Å². The summed E-state index contributed by atoms with van der Waals surface area (Å²) < 4.78 is 6.30. The van der Waals surface area contributed by atoms with E-state index in [0.717, 1.165) is 17.5 Å². The van der Waals surface area contributed by atoms with Gasteiger partial charge in [-0.25, -0.2) is 0 Å². The molecule has 2 unspecified atom stereocenters. The van der Waals surface area contributed by atoms with Crippen LogP contribution in [-0.2, 0) is 4.74 Å². The average Bonchev–Trinajstić information content (AvgIpc) is 2.26. The number of benzene rings is 1. The van der Waals surface area contributed by atoms with Gasteiger partial charge < -0.3 is 10.1 Å². The summed E-state index contributed by atoms with van der Waals surface area (Å²) in [6.07, 6.45) is 1.06. The number of ether oxygens (including phenoxy) is 1. The highest BCUT2D eigenvalue weighted by molar-refractivity contribution is 9.10. The Morgan fingerprint density at radius 2 is 2.06 bits per heavy atom. The second-order valence-corrected chi connectivity index (χ2v) is 5.50. The van der Waals surface area contributed by atoms with E-state index in [2.05, 4.69) is 53.3 Å². The summed E-state index contributed by atoms with van der Waals surface area (Å²) in [5.74, 6) is 0.550.